The normalized spacial score (nSPS) is 25.6. The summed E-state index contributed by atoms with van der Waals surface area (Å²) in [4.78, 5) is 24.0. The molecule has 1 aromatic heterocycles. The highest BCUT2D eigenvalue weighted by atomic mass is 32.1. The highest BCUT2D eigenvalue weighted by molar-refractivity contribution is 7.09. The summed E-state index contributed by atoms with van der Waals surface area (Å²) in [5.41, 5.74) is -1.37. The molecule has 1 unspecified atom stereocenters. The molecule has 2 rings (SSSR count). The largest absolute Gasteiger partial charge is 0.480 e. The first-order valence-corrected chi connectivity index (χ1v) is 5.90. The number of carbonyl (C=O) groups excluding carboxylic acids is 1. The first-order chi connectivity index (χ1) is 7.65. The van der Waals surface area contributed by atoms with Gasteiger partial charge in [0, 0.05) is 17.7 Å². The quantitative estimate of drug-likeness (QED) is 0.810. The Labute approximate surface area is 96.9 Å². The van der Waals surface area contributed by atoms with Crippen LogP contribution in [0.2, 0.25) is 0 Å². The van der Waals surface area contributed by atoms with E-state index < -0.39 is 11.4 Å². The van der Waals surface area contributed by atoms with Crippen molar-refractivity contribution in [2.24, 2.45) is 5.41 Å². The maximum atomic E-state index is 11.8. The fraction of sp³-hybridized carbons (Fsp3) is 0.455. The highest BCUT2D eigenvalue weighted by Crippen LogP contribution is 2.31. The van der Waals surface area contributed by atoms with Crippen LogP contribution in [-0.4, -0.2) is 30.1 Å². The van der Waals surface area contributed by atoms with E-state index >= 15 is 0 Å². The van der Waals surface area contributed by atoms with Crippen LogP contribution in [0.1, 0.15) is 11.3 Å². The lowest BCUT2D eigenvalue weighted by Gasteiger charge is -2.31. The van der Waals surface area contributed by atoms with E-state index in [2.05, 4.69) is 0 Å². The molecule has 1 fully saturated rings. The lowest BCUT2D eigenvalue weighted by molar-refractivity contribution is -0.164. The molecule has 1 atom stereocenters. The third-order valence-electron chi connectivity index (χ3n) is 2.82. The second kappa shape index (κ2) is 4.35. The van der Waals surface area contributed by atoms with E-state index in [9.17, 15) is 14.7 Å². The minimum absolute atomic E-state index is 0.0148. The molecule has 0 aromatic carbocycles. The molecule has 16 heavy (non-hydrogen) atoms. The van der Waals surface area contributed by atoms with Gasteiger partial charge < -0.3 is 9.84 Å². The molecule has 86 valence electrons. The zero-order valence-electron chi connectivity index (χ0n) is 8.64. The van der Waals surface area contributed by atoms with Crippen LogP contribution < -0.4 is 0 Å². The summed E-state index contributed by atoms with van der Waals surface area (Å²) in [6.07, 6.45) is 0.427. The molecule has 0 aliphatic carbocycles. The molecular weight excluding hydrogens is 228 g/mol. The van der Waals surface area contributed by atoms with Crippen molar-refractivity contribution in [3.8, 4) is 0 Å². The maximum absolute atomic E-state index is 11.8. The molecule has 0 saturated carbocycles. The van der Waals surface area contributed by atoms with Gasteiger partial charge >= 0.3 is 5.97 Å². The lowest BCUT2D eigenvalue weighted by atomic mass is 9.78. The Kier molecular flexibility index (Phi) is 3.07. The molecule has 0 bridgehead atoms. The van der Waals surface area contributed by atoms with Crippen molar-refractivity contribution < 1.29 is 19.4 Å². The first kappa shape index (κ1) is 11.3. The van der Waals surface area contributed by atoms with E-state index in [-0.39, 0.29) is 25.2 Å². The summed E-state index contributed by atoms with van der Waals surface area (Å²) in [7, 11) is 0. The third kappa shape index (κ3) is 1.88. The van der Waals surface area contributed by atoms with Gasteiger partial charge in [-0.3, -0.25) is 9.59 Å². The zero-order chi connectivity index (χ0) is 11.6. The predicted molar refractivity (Wildman–Crippen MR) is 58.5 cm³/mol. The Hall–Kier alpha value is -1.20. The van der Waals surface area contributed by atoms with Crippen molar-refractivity contribution in [3.05, 3.63) is 22.4 Å². The molecule has 1 aromatic rings. The Morgan fingerprint density at radius 3 is 3.00 bits per heavy atom. The smallest absolute Gasteiger partial charge is 0.319 e. The van der Waals surface area contributed by atoms with Gasteiger partial charge in [0.15, 0.2) is 11.2 Å². The van der Waals surface area contributed by atoms with Gasteiger partial charge in [0.1, 0.15) is 0 Å². The topological polar surface area (TPSA) is 63.6 Å². The molecule has 0 amide bonds. The van der Waals surface area contributed by atoms with Gasteiger partial charge in [0.2, 0.25) is 0 Å². The summed E-state index contributed by atoms with van der Waals surface area (Å²) >= 11 is 1.46. The van der Waals surface area contributed by atoms with E-state index in [1.165, 1.54) is 11.3 Å². The van der Waals surface area contributed by atoms with Gasteiger partial charge in [-0.05, 0) is 11.4 Å². The average Bonchev–Trinajstić information content (AvgIpc) is 2.74. The van der Waals surface area contributed by atoms with E-state index in [0.29, 0.717) is 6.61 Å². The van der Waals surface area contributed by atoms with Gasteiger partial charge in [0.25, 0.3) is 0 Å². The fourth-order valence-electron chi connectivity index (χ4n) is 1.85. The molecule has 1 aliphatic heterocycles. The molecule has 1 N–H and O–H groups in total. The second-order valence-electron chi connectivity index (χ2n) is 3.87. The number of Topliss-reactive ketones (excluding diaryl/α,β-unsaturated/α-hetero) is 1. The van der Waals surface area contributed by atoms with E-state index in [0.717, 1.165) is 4.88 Å². The van der Waals surface area contributed by atoms with Gasteiger partial charge in [-0.15, -0.1) is 11.3 Å². The summed E-state index contributed by atoms with van der Waals surface area (Å²) in [6.45, 7) is 0.317. The number of carboxylic acid groups (broad SMARTS) is 1. The minimum atomic E-state index is -1.37. The van der Waals surface area contributed by atoms with Crippen LogP contribution in [-0.2, 0) is 20.7 Å². The first-order valence-electron chi connectivity index (χ1n) is 5.02. The number of ketones is 1. The third-order valence-corrected chi connectivity index (χ3v) is 3.70. The van der Waals surface area contributed by atoms with Gasteiger partial charge in [-0.25, -0.2) is 0 Å². The predicted octanol–water partition coefficient (Wildman–Crippen LogP) is 1.35. The van der Waals surface area contributed by atoms with Crippen LogP contribution >= 0.6 is 11.3 Å². The average molecular weight is 240 g/mol. The summed E-state index contributed by atoms with van der Waals surface area (Å²) in [6, 6.07) is 3.70. The lowest BCUT2D eigenvalue weighted by Crippen LogP contribution is -2.48. The zero-order valence-corrected chi connectivity index (χ0v) is 9.46. The molecule has 2 heterocycles. The van der Waals surface area contributed by atoms with E-state index in [1.807, 2.05) is 17.5 Å². The number of rotatable bonds is 3. The molecule has 1 aliphatic rings. The van der Waals surface area contributed by atoms with Crippen LogP contribution in [0.25, 0.3) is 0 Å². The molecular formula is C11H12O4S. The van der Waals surface area contributed by atoms with Gasteiger partial charge in [-0.2, -0.15) is 0 Å². The van der Waals surface area contributed by atoms with Crippen LogP contribution in [0, 0.1) is 5.41 Å². The Morgan fingerprint density at radius 1 is 1.62 bits per heavy atom. The molecule has 1 saturated heterocycles. The van der Waals surface area contributed by atoms with Crippen molar-refractivity contribution >= 4 is 23.1 Å². The summed E-state index contributed by atoms with van der Waals surface area (Å²) in [5.74, 6) is -1.30. The van der Waals surface area contributed by atoms with Gasteiger partial charge in [0.05, 0.1) is 13.2 Å². The van der Waals surface area contributed by atoms with Crippen LogP contribution in [0.4, 0.5) is 0 Å². The highest BCUT2D eigenvalue weighted by Gasteiger charge is 2.48. The van der Waals surface area contributed by atoms with Crippen molar-refractivity contribution in [1.29, 1.82) is 0 Å². The summed E-state index contributed by atoms with van der Waals surface area (Å²) < 4.78 is 5.17. The molecule has 0 spiro atoms. The minimum Gasteiger partial charge on any atom is -0.480 e. The number of hydrogen-bond acceptors (Lipinski definition) is 4. The van der Waals surface area contributed by atoms with E-state index in [1.54, 1.807) is 0 Å². The second-order valence-corrected chi connectivity index (χ2v) is 4.90. The van der Waals surface area contributed by atoms with Crippen molar-refractivity contribution in [1.82, 2.24) is 0 Å². The fourth-order valence-corrected chi connectivity index (χ4v) is 2.67. The Morgan fingerprint density at radius 2 is 2.44 bits per heavy atom. The number of hydrogen-bond donors (Lipinski definition) is 1. The van der Waals surface area contributed by atoms with Crippen molar-refractivity contribution in [3.63, 3.8) is 0 Å². The summed E-state index contributed by atoms with van der Waals surface area (Å²) in [5, 5.41) is 11.1. The maximum Gasteiger partial charge on any atom is 0.319 e. The molecule has 0 radical (unpaired) electrons. The van der Waals surface area contributed by atoms with Crippen LogP contribution in [0.15, 0.2) is 17.5 Å². The molecule has 5 heteroatoms. The Balaban J connectivity index is 2.27. The standard InChI is InChI=1S/C11H12O4S/c12-9-3-4-15-7-11(9,10(13)14)6-8-2-1-5-16-8/h1-2,5H,3-4,6-7H2,(H,13,14). The number of thiophene rings is 1. The molecule has 4 nitrogen and oxygen atoms in total. The van der Waals surface area contributed by atoms with Gasteiger partial charge in [-0.1, -0.05) is 6.07 Å². The van der Waals surface area contributed by atoms with Crippen molar-refractivity contribution in [2.75, 3.05) is 13.2 Å². The number of ether oxygens (including phenoxy) is 1. The Bertz CT molecular complexity index is 398. The van der Waals surface area contributed by atoms with Crippen LogP contribution in [0.5, 0.6) is 0 Å². The van der Waals surface area contributed by atoms with Crippen molar-refractivity contribution in [2.45, 2.75) is 12.8 Å². The van der Waals surface area contributed by atoms with Crippen LogP contribution in [0.3, 0.4) is 0 Å². The monoisotopic (exact) mass is 240 g/mol. The number of aliphatic carboxylic acids is 1. The SMILES string of the molecule is O=C(O)C1(Cc2cccs2)COCCC1=O. The number of carbonyl (C=O) groups is 2. The van der Waals surface area contributed by atoms with E-state index in [4.69, 9.17) is 4.74 Å². The number of carboxylic acids is 1.